The summed E-state index contributed by atoms with van der Waals surface area (Å²) in [5, 5.41) is 9.33. The van der Waals surface area contributed by atoms with Crippen molar-refractivity contribution in [3.8, 4) is 0 Å². The van der Waals surface area contributed by atoms with Gasteiger partial charge in [0.1, 0.15) is 5.67 Å². The molecule has 1 atom stereocenters. The van der Waals surface area contributed by atoms with Crippen LogP contribution < -0.4 is 0 Å². The van der Waals surface area contributed by atoms with Crippen molar-refractivity contribution in [2.45, 2.75) is 45.9 Å². The molecule has 0 amide bonds. The Morgan fingerprint density at radius 1 is 1.40 bits per heavy atom. The first kappa shape index (κ1) is 12.2. The number of alkyl halides is 1. The highest BCUT2D eigenvalue weighted by molar-refractivity contribution is 5.34. The third-order valence-electron chi connectivity index (χ3n) is 2.55. The predicted molar refractivity (Wildman–Crippen MR) is 60.7 cm³/mol. The molecule has 84 valence electrons. The van der Waals surface area contributed by atoms with Crippen LogP contribution in [0.25, 0.3) is 0 Å². The molecule has 0 aromatic heterocycles. The summed E-state index contributed by atoms with van der Waals surface area (Å²) in [6.45, 7) is 6.81. The van der Waals surface area contributed by atoms with E-state index >= 15 is 0 Å². The lowest BCUT2D eigenvalue weighted by molar-refractivity contribution is 0.194. The first-order valence-electron chi connectivity index (χ1n) is 5.27. The number of aliphatic hydroxyl groups is 1. The summed E-state index contributed by atoms with van der Waals surface area (Å²) in [5.74, 6) is 0. The monoisotopic (exact) mass is 210 g/mol. The minimum Gasteiger partial charge on any atom is -0.393 e. The minimum absolute atomic E-state index is 0.387. The smallest absolute Gasteiger partial charge is 0.130 e. The summed E-state index contributed by atoms with van der Waals surface area (Å²) < 4.78 is 13.7. The second-order valence-electron chi connectivity index (χ2n) is 4.67. The maximum absolute atomic E-state index is 13.7. The van der Waals surface area contributed by atoms with Crippen molar-refractivity contribution >= 4 is 0 Å². The van der Waals surface area contributed by atoms with Gasteiger partial charge < -0.3 is 5.11 Å². The van der Waals surface area contributed by atoms with Gasteiger partial charge in [0, 0.05) is 0 Å². The molecule has 0 fully saturated rings. The molecule has 1 aromatic rings. The van der Waals surface area contributed by atoms with E-state index in [1.807, 2.05) is 19.1 Å². The summed E-state index contributed by atoms with van der Waals surface area (Å²) in [7, 11) is 0. The highest BCUT2D eigenvalue weighted by atomic mass is 19.1. The van der Waals surface area contributed by atoms with Crippen LogP contribution in [0.15, 0.2) is 18.2 Å². The van der Waals surface area contributed by atoms with Gasteiger partial charge in [0.05, 0.1) is 6.10 Å². The van der Waals surface area contributed by atoms with Crippen LogP contribution in [0.3, 0.4) is 0 Å². The van der Waals surface area contributed by atoms with Gasteiger partial charge in [-0.3, -0.25) is 0 Å². The third-order valence-corrected chi connectivity index (χ3v) is 2.55. The first-order chi connectivity index (χ1) is 6.80. The third kappa shape index (κ3) is 3.31. The SMILES string of the molecule is Cc1ccc(C(C)(C)F)cc1CC(C)O. The molecule has 1 aromatic carbocycles. The van der Waals surface area contributed by atoms with Gasteiger partial charge in [-0.25, -0.2) is 4.39 Å². The van der Waals surface area contributed by atoms with Gasteiger partial charge in [0.15, 0.2) is 0 Å². The molecule has 0 radical (unpaired) electrons. The number of aryl methyl sites for hydroxylation is 1. The zero-order valence-corrected chi connectivity index (χ0v) is 9.84. The van der Waals surface area contributed by atoms with E-state index in [-0.39, 0.29) is 6.10 Å². The van der Waals surface area contributed by atoms with Crippen LogP contribution in [0.1, 0.15) is 37.5 Å². The average molecular weight is 210 g/mol. The van der Waals surface area contributed by atoms with E-state index in [0.29, 0.717) is 12.0 Å². The van der Waals surface area contributed by atoms with E-state index < -0.39 is 5.67 Å². The fourth-order valence-electron chi connectivity index (χ4n) is 1.58. The second-order valence-corrected chi connectivity index (χ2v) is 4.67. The molecular weight excluding hydrogens is 191 g/mol. The maximum atomic E-state index is 13.7. The van der Waals surface area contributed by atoms with Gasteiger partial charge in [-0.15, -0.1) is 0 Å². The second kappa shape index (κ2) is 4.31. The molecule has 0 bridgehead atoms. The quantitative estimate of drug-likeness (QED) is 0.812. The minimum atomic E-state index is -1.32. The topological polar surface area (TPSA) is 20.2 Å². The number of halogens is 1. The predicted octanol–water partition coefficient (Wildman–Crippen LogP) is 3.12. The molecule has 1 nitrogen and oxygen atoms in total. The molecule has 0 heterocycles. The number of hydrogen-bond acceptors (Lipinski definition) is 1. The van der Waals surface area contributed by atoms with Crippen molar-refractivity contribution in [1.29, 1.82) is 0 Å². The van der Waals surface area contributed by atoms with Crippen LogP contribution >= 0.6 is 0 Å². The number of rotatable bonds is 3. The molecule has 1 unspecified atom stereocenters. The van der Waals surface area contributed by atoms with Crippen molar-refractivity contribution in [2.75, 3.05) is 0 Å². The van der Waals surface area contributed by atoms with Gasteiger partial charge in [0.25, 0.3) is 0 Å². The molecule has 0 saturated heterocycles. The molecular formula is C13H19FO. The molecule has 15 heavy (non-hydrogen) atoms. The molecule has 0 spiro atoms. The Morgan fingerprint density at radius 3 is 2.47 bits per heavy atom. The van der Waals surface area contributed by atoms with Crippen molar-refractivity contribution in [1.82, 2.24) is 0 Å². The maximum Gasteiger partial charge on any atom is 0.130 e. The fourth-order valence-corrected chi connectivity index (χ4v) is 1.58. The highest BCUT2D eigenvalue weighted by Gasteiger charge is 2.19. The van der Waals surface area contributed by atoms with Crippen molar-refractivity contribution < 1.29 is 9.50 Å². The Bertz CT molecular complexity index is 337. The number of aliphatic hydroxyl groups excluding tert-OH is 1. The Balaban J connectivity index is 3.06. The van der Waals surface area contributed by atoms with Crippen LogP contribution in [0, 0.1) is 6.92 Å². The zero-order chi connectivity index (χ0) is 11.6. The van der Waals surface area contributed by atoms with Crippen molar-refractivity contribution in [3.05, 3.63) is 34.9 Å². The summed E-state index contributed by atoms with van der Waals surface area (Å²) in [5.41, 5.74) is 1.47. The van der Waals surface area contributed by atoms with Gasteiger partial charge in [-0.2, -0.15) is 0 Å². The summed E-state index contributed by atoms with van der Waals surface area (Å²) in [6, 6.07) is 5.57. The molecule has 0 aliphatic carbocycles. The molecule has 1 rings (SSSR count). The zero-order valence-electron chi connectivity index (χ0n) is 9.84. The normalized spacial score (nSPS) is 14.0. The summed E-state index contributed by atoms with van der Waals surface area (Å²) in [4.78, 5) is 0. The number of benzene rings is 1. The molecule has 0 aliphatic heterocycles. The van der Waals surface area contributed by atoms with Crippen molar-refractivity contribution in [3.63, 3.8) is 0 Å². The van der Waals surface area contributed by atoms with Crippen LogP contribution in [0.4, 0.5) is 4.39 Å². The highest BCUT2D eigenvalue weighted by Crippen LogP contribution is 2.26. The molecule has 1 N–H and O–H groups in total. The van der Waals surface area contributed by atoms with Crippen LogP contribution in [-0.4, -0.2) is 11.2 Å². The van der Waals surface area contributed by atoms with Gasteiger partial charge in [-0.1, -0.05) is 18.2 Å². The van der Waals surface area contributed by atoms with E-state index in [1.54, 1.807) is 26.8 Å². The Labute approximate surface area is 90.9 Å². The van der Waals surface area contributed by atoms with Crippen LogP contribution in [-0.2, 0) is 12.1 Å². The summed E-state index contributed by atoms with van der Waals surface area (Å²) in [6.07, 6.45) is 0.192. The standard InChI is InChI=1S/C13H19FO/c1-9-5-6-12(13(3,4)14)8-11(9)7-10(2)15/h5-6,8,10,15H,7H2,1-4H3. The average Bonchev–Trinajstić information content (AvgIpc) is 2.06. The lowest BCUT2D eigenvalue weighted by atomic mass is 9.93. The van der Waals surface area contributed by atoms with E-state index in [1.165, 1.54) is 0 Å². The first-order valence-corrected chi connectivity index (χ1v) is 5.27. The Morgan fingerprint density at radius 2 is 2.00 bits per heavy atom. The number of hydrogen-bond donors (Lipinski definition) is 1. The molecule has 2 heteroatoms. The van der Waals surface area contributed by atoms with Gasteiger partial charge >= 0.3 is 0 Å². The molecule has 0 aliphatic rings. The lowest BCUT2D eigenvalue weighted by Crippen LogP contribution is -2.12. The van der Waals surface area contributed by atoms with E-state index in [2.05, 4.69) is 0 Å². The fraction of sp³-hybridized carbons (Fsp3) is 0.538. The van der Waals surface area contributed by atoms with Crippen LogP contribution in [0.2, 0.25) is 0 Å². The Kier molecular flexibility index (Phi) is 3.50. The molecule has 0 saturated carbocycles. The van der Waals surface area contributed by atoms with Crippen LogP contribution in [0.5, 0.6) is 0 Å². The Hall–Kier alpha value is -0.890. The summed E-state index contributed by atoms with van der Waals surface area (Å²) >= 11 is 0. The largest absolute Gasteiger partial charge is 0.393 e. The lowest BCUT2D eigenvalue weighted by Gasteiger charge is -2.17. The van der Waals surface area contributed by atoms with E-state index in [0.717, 1.165) is 11.1 Å². The van der Waals surface area contributed by atoms with Gasteiger partial charge in [-0.05, 0) is 50.8 Å². The van der Waals surface area contributed by atoms with E-state index in [4.69, 9.17) is 0 Å². The van der Waals surface area contributed by atoms with E-state index in [9.17, 15) is 9.50 Å². The van der Waals surface area contributed by atoms with Gasteiger partial charge in [0.2, 0.25) is 0 Å². The van der Waals surface area contributed by atoms with Crippen molar-refractivity contribution in [2.24, 2.45) is 0 Å².